The van der Waals surface area contributed by atoms with E-state index in [9.17, 15) is 4.79 Å². The van der Waals surface area contributed by atoms with Crippen LogP contribution in [-0.4, -0.2) is 30.4 Å². The minimum Gasteiger partial charge on any atom is -0.497 e. The van der Waals surface area contributed by atoms with Crippen LogP contribution in [0.25, 0.3) is 11.3 Å². The summed E-state index contributed by atoms with van der Waals surface area (Å²) in [5.74, 6) is 1.27. The Labute approximate surface area is 161 Å². The number of carbonyl (C=O) groups excluding carboxylic acids is 1. The molecular formula is C19H19ClN4O3. The molecule has 3 rings (SSSR count). The Hall–Kier alpha value is -3.19. The van der Waals surface area contributed by atoms with Crippen molar-refractivity contribution in [2.45, 2.75) is 6.92 Å². The quantitative estimate of drug-likeness (QED) is 0.593. The first-order chi connectivity index (χ1) is 13.0. The summed E-state index contributed by atoms with van der Waals surface area (Å²) in [6.45, 7) is 1.82. The van der Waals surface area contributed by atoms with E-state index in [1.807, 2.05) is 6.92 Å². The first-order valence-corrected chi connectivity index (χ1v) is 8.50. The van der Waals surface area contributed by atoms with Crippen LogP contribution in [0.15, 0.2) is 42.5 Å². The standard InChI is InChI=1S/C19H19ClN4O3/c1-11-17(22-19(25)21-13-6-4-5-12(20)9-13)18(24-23-11)15-10-14(26-2)7-8-16(15)27-3/h4-10H,1-3H3,(H,23,24)(H2,21,22,25). The Kier molecular flexibility index (Phi) is 5.52. The van der Waals surface area contributed by atoms with E-state index in [1.54, 1.807) is 56.7 Å². The van der Waals surface area contributed by atoms with E-state index in [1.165, 1.54) is 0 Å². The van der Waals surface area contributed by atoms with Crippen LogP contribution >= 0.6 is 11.6 Å². The zero-order valence-electron chi connectivity index (χ0n) is 15.1. The molecule has 1 heterocycles. The number of urea groups is 1. The summed E-state index contributed by atoms with van der Waals surface area (Å²) in [5.41, 5.74) is 3.07. The second kappa shape index (κ2) is 8.01. The van der Waals surface area contributed by atoms with Gasteiger partial charge in [0, 0.05) is 16.3 Å². The summed E-state index contributed by atoms with van der Waals surface area (Å²) < 4.78 is 10.7. The Morgan fingerprint density at radius 1 is 1.11 bits per heavy atom. The van der Waals surface area contributed by atoms with Crippen molar-refractivity contribution in [2.24, 2.45) is 0 Å². The van der Waals surface area contributed by atoms with Crippen molar-refractivity contribution in [1.29, 1.82) is 0 Å². The maximum atomic E-state index is 12.4. The van der Waals surface area contributed by atoms with Gasteiger partial charge in [-0.05, 0) is 43.3 Å². The first kappa shape index (κ1) is 18.6. The minimum atomic E-state index is -0.412. The Morgan fingerprint density at radius 2 is 1.93 bits per heavy atom. The van der Waals surface area contributed by atoms with Gasteiger partial charge >= 0.3 is 6.03 Å². The molecule has 1 aromatic heterocycles. The summed E-state index contributed by atoms with van der Waals surface area (Å²) in [6, 6.07) is 11.9. The van der Waals surface area contributed by atoms with Crippen molar-refractivity contribution in [1.82, 2.24) is 10.2 Å². The molecule has 3 aromatic rings. The molecule has 8 heteroatoms. The number of aryl methyl sites for hydroxylation is 1. The van der Waals surface area contributed by atoms with Gasteiger partial charge in [0.15, 0.2) is 0 Å². The van der Waals surface area contributed by atoms with Crippen LogP contribution in [0.4, 0.5) is 16.2 Å². The lowest BCUT2D eigenvalue weighted by Gasteiger charge is -2.12. The highest BCUT2D eigenvalue weighted by atomic mass is 35.5. The number of methoxy groups -OCH3 is 2. The van der Waals surface area contributed by atoms with E-state index in [0.29, 0.717) is 44.8 Å². The van der Waals surface area contributed by atoms with Crippen molar-refractivity contribution < 1.29 is 14.3 Å². The van der Waals surface area contributed by atoms with E-state index in [0.717, 1.165) is 0 Å². The van der Waals surface area contributed by atoms with Crippen LogP contribution in [0.1, 0.15) is 5.69 Å². The van der Waals surface area contributed by atoms with Gasteiger partial charge in [-0.25, -0.2) is 4.79 Å². The number of aromatic nitrogens is 2. The van der Waals surface area contributed by atoms with E-state index in [2.05, 4.69) is 20.8 Å². The number of hydrogen-bond acceptors (Lipinski definition) is 4. The molecule has 0 bridgehead atoms. The number of hydrogen-bond donors (Lipinski definition) is 3. The number of rotatable bonds is 5. The predicted molar refractivity (Wildman–Crippen MR) is 106 cm³/mol. The zero-order valence-corrected chi connectivity index (χ0v) is 15.8. The van der Waals surface area contributed by atoms with Gasteiger partial charge in [0.1, 0.15) is 17.2 Å². The molecule has 0 saturated carbocycles. The number of anilines is 2. The van der Waals surface area contributed by atoms with Gasteiger partial charge in [0.05, 0.1) is 25.6 Å². The average molecular weight is 387 g/mol. The summed E-state index contributed by atoms with van der Waals surface area (Å²) >= 11 is 5.95. The topological polar surface area (TPSA) is 88.3 Å². The van der Waals surface area contributed by atoms with Gasteiger partial charge in [0.2, 0.25) is 0 Å². The van der Waals surface area contributed by atoms with Gasteiger partial charge < -0.3 is 20.1 Å². The van der Waals surface area contributed by atoms with Crippen molar-refractivity contribution in [3.63, 3.8) is 0 Å². The number of H-pyrrole nitrogens is 1. The highest BCUT2D eigenvalue weighted by molar-refractivity contribution is 6.30. The molecule has 3 N–H and O–H groups in total. The van der Waals surface area contributed by atoms with Gasteiger partial charge in [0.25, 0.3) is 0 Å². The number of ether oxygens (including phenoxy) is 2. The number of aromatic amines is 1. The summed E-state index contributed by atoms with van der Waals surface area (Å²) in [5, 5.41) is 13.3. The highest BCUT2D eigenvalue weighted by Crippen LogP contribution is 2.37. The van der Waals surface area contributed by atoms with Gasteiger partial charge in [-0.2, -0.15) is 5.10 Å². The molecule has 2 aromatic carbocycles. The largest absolute Gasteiger partial charge is 0.497 e. The first-order valence-electron chi connectivity index (χ1n) is 8.12. The molecule has 0 radical (unpaired) electrons. The Morgan fingerprint density at radius 3 is 2.63 bits per heavy atom. The molecule has 140 valence electrons. The predicted octanol–water partition coefficient (Wildman–Crippen LogP) is 4.70. The van der Waals surface area contributed by atoms with Gasteiger partial charge in [-0.1, -0.05) is 17.7 Å². The third-order valence-electron chi connectivity index (χ3n) is 3.93. The normalized spacial score (nSPS) is 10.4. The lowest BCUT2D eigenvalue weighted by Crippen LogP contribution is -2.20. The van der Waals surface area contributed by atoms with E-state index in [-0.39, 0.29) is 0 Å². The average Bonchev–Trinajstić information content (AvgIpc) is 3.01. The van der Waals surface area contributed by atoms with Crippen LogP contribution < -0.4 is 20.1 Å². The van der Waals surface area contributed by atoms with Gasteiger partial charge in [-0.3, -0.25) is 5.10 Å². The molecule has 0 atom stereocenters. The van der Waals surface area contributed by atoms with E-state index in [4.69, 9.17) is 21.1 Å². The fraction of sp³-hybridized carbons (Fsp3) is 0.158. The summed E-state index contributed by atoms with van der Waals surface area (Å²) in [6.07, 6.45) is 0. The Bertz CT molecular complexity index is 971. The van der Waals surface area contributed by atoms with E-state index < -0.39 is 6.03 Å². The number of nitrogens with zero attached hydrogens (tertiary/aromatic N) is 1. The van der Waals surface area contributed by atoms with Crippen LogP contribution in [0.2, 0.25) is 5.02 Å². The van der Waals surface area contributed by atoms with E-state index >= 15 is 0 Å². The fourth-order valence-electron chi connectivity index (χ4n) is 2.62. The lowest BCUT2D eigenvalue weighted by molar-refractivity contribution is 0.262. The third-order valence-corrected chi connectivity index (χ3v) is 4.17. The highest BCUT2D eigenvalue weighted by Gasteiger charge is 2.19. The molecule has 0 unspecified atom stereocenters. The molecule has 7 nitrogen and oxygen atoms in total. The van der Waals surface area contributed by atoms with Crippen LogP contribution in [0, 0.1) is 6.92 Å². The monoisotopic (exact) mass is 386 g/mol. The second-order valence-electron chi connectivity index (χ2n) is 5.73. The molecule has 0 aliphatic carbocycles. The third kappa shape index (κ3) is 4.15. The number of benzene rings is 2. The summed E-state index contributed by atoms with van der Waals surface area (Å²) in [7, 11) is 3.16. The number of nitrogens with one attached hydrogen (secondary N) is 3. The molecule has 0 aliphatic rings. The molecule has 27 heavy (non-hydrogen) atoms. The van der Waals surface area contributed by atoms with Crippen molar-refractivity contribution in [3.05, 3.63) is 53.2 Å². The van der Waals surface area contributed by atoms with Gasteiger partial charge in [-0.15, -0.1) is 0 Å². The molecule has 2 amide bonds. The maximum Gasteiger partial charge on any atom is 0.323 e. The number of carbonyl (C=O) groups is 1. The van der Waals surface area contributed by atoms with Crippen LogP contribution in [-0.2, 0) is 0 Å². The summed E-state index contributed by atoms with van der Waals surface area (Å²) in [4.78, 5) is 12.4. The number of amides is 2. The smallest absolute Gasteiger partial charge is 0.323 e. The second-order valence-corrected chi connectivity index (χ2v) is 6.16. The minimum absolute atomic E-state index is 0.412. The fourth-order valence-corrected chi connectivity index (χ4v) is 2.81. The van der Waals surface area contributed by atoms with Crippen LogP contribution in [0.5, 0.6) is 11.5 Å². The SMILES string of the molecule is COc1ccc(OC)c(-c2n[nH]c(C)c2NC(=O)Nc2cccc(Cl)c2)c1. The van der Waals surface area contributed by atoms with Crippen molar-refractivity contribution in [2.75, 3.05) is 24.9 Å². The molecule has 0 fully saturated rings. The molecule has 0 saturated heterocycles. The van der Waals surface area contributed by atoms with Crippen molar-refractivity contribution >= 4 is 29.0 Å². The number of halogens is 1. The molecule has 0 aliphatic heterocycles. The maximum absolute atomic E-state index is 12.4. The Balaban J connectivity index is 1.90. The van der Waals surface area contributed by atoms with Crippen LogP contribution in [0.3, 0.4) is 0 Å². The molecule has 0 spiro atoms. The molecular weight excluding hydrogens is 368 g/mol. The van der Waals surface area contributed by atoms with Crippen molar-refractivity contribution in [3.8, 4) is 22.8 Å². The lowest BCUT2D eigenvalue weighted by atomic mass is 10.1. The zero-order chi connectivity index (χ0) is 19.4.